The molecule has 0 saturated heterocycles. The van der Waals surface area contributed by atoms with Crippen LogP contribution in [0.1, 0.15) is 10.8 Å². The van der Waals surface area contributed by atoms with Crippen LogP contribution < -0.4 is 0 Å². The van der Waals surface area contributed by atoms with E-state index in [9.17, 15) is 4.79 Å². The predicted molar refractivity (Wildman–Crippen MR) is 63.5 cm³/mol. The van der Waals surface area contributed by atoms with Crippen LogP contribution in [0.3, 0.4) is 0 Å². The van der Waals surface area contributed by atoms with Gasteiger partial charge in [0.15, 0.2) is 0 Å². The maximum atomic E-state index is 10.8. The Morgan fingerprint density at radius 1 is 1.36 bits per heavy atom. The van der Waals surface area contributed by atoms with E-state index < -0.39 is 0 Å². The highest BCUT2D eigenvalue weighted by Gasteiger charge is 2.20. The fraction of sp³-hybridized carbons (Fsp3) is 0.182. The summed E-state index contributed by atoms with van der Waals surface area (Å²) in [5.41, 5.74) is 2.10. The third kappa shape index (κ3) is 1.93. The SMILES string of the molecule is O=CC1=CCS[C@@H]1c1ccc(Br)cc1. The Kier molecular flexibility index (Phi) is 3.08. The largest absolute Gasteiger partial charge is 0.298 e. The molecule has 0 aliphatic carbocycles. The molecule has 0 unspecified atom stereocenters. The number of hydrogen-bond acceptors (Lipinski definition) is 2. The molecule has 0 amide bonds. The van der Waals surface area contributed by atoms with E-state index in [4.69, 9.17) is 0 Å². The molecule has 14 heavy (non-hydrogen) atoms. The fourth-order valence-corrected chi connectivity index (χ4v) is 2.92. The summed E-state index contributed by atoms with van der Waals surface area (Å²) in [4.78, 5) is 10.8. The summed E-state index contributed by atoms with van der Waals surface area (Å²) < 4.78 is 1.07. The van der Waals surface area contributed by atoms with Crippen LogP contribution in [0.4, 0.5) is 0 Å². The normalized spacial score (nSPS) is 20.6. The Morgan fingerprint density at radius 3 is 2.71 bits per heavy atom. The molecule has 1 aliphatic heterocycles. The number of carbonyl (C=O) groups is 1. The zero-order chi connectivity index (χ0) is 9.97. The molecule has 1 nitrogen and oxygen atoms in total. The van der Waals surface area contributed by atoms with E-state index in [2.05, 4.69) is 28.1 Å². The van der Waals surface area contributed by atoms with Crippen LogP contribution in [0.25, 0.3) is 0 Å². The lowest BCUT2D eigenvalue weighted by molar-refractivity contribution is -0.105. The summed E-state index contributed by atoms with van der Waals surface area (Å²) in [6.07, 6.45) is 2.97. The summed E-state index contributed by atoms with van der Waals surface area (Å²) in [5, 5.41) is 0.237. The first-order chi connectivity index (χ1) is 6.81. The van der Waals surface area contributed by atoms with Crippen LogP contribution in [0.15, 0.2) is 40.4 Å². The number of rotatable bonds is 2. The third-order valence-corrected chi connectivity index (χ3v) is 3.96. The zero-order valence-corrected chi connectivity index (χ0v) is 9.85. The molecule has 0 bridgehead atoms. The molecule has 1 aromatic carbocycles. The molecule has 0 saturated carbocycles. The van der Waals surface area contributed by atoms with Crippen LogP contribution in [0.5, 0.6) is 0 Å². The summed E-state index contributed by atoms with van der Waals surface area (Å²) in [6.45, 7) is 0. The average molecular weight is 269 g/mol. The number of benzene rings is 1. The molecule has 72 valence electrons. The zero-order valence-electron chi connectivity index (χ0n) is 7.44. The van der Waals surface area contributed by atoms with E-state index in [0.29, 0.717) is 0 Å². The second-order valence-electron chi connectivity index (χ2n) is 3.09. The van der Waals surface area contributed by atoms with E-state index in [1.807, 2.05) is 18.2 Å². The average Bonchev–Trinajstić information content (AvgIpc) is 2.67. The number of carbonyl (C=O) groups excluding carboxylic acids is 1. The topological polar surface area (TPSA) is 17.1 Å². The van der Waals surface area contributed by atoms with Gasteiger partial charge in [0, 0.05) is 15.8 Å². The second-order valence-corrected chi connectivity index (χ2v) is 5.14. The molecule has 0 fully saturated rings. The smallest absolute Gasteiger partial charge is 0.147 e. The van der Waals surface area contributed by atoms with Gasteiger partial charge in [0.05, 0.1) is 5.25 Å². The van der Waals surface area contributed by atoms with Crippen LogP contribution in [0, 0.1) is 0 Å². The molecular weight excluding hydrogens is 260 g/mol. The van der Waals surface area contributed by atoms with E-state index in [1.54, 1.807) is 11.8 Å². The maximum Gasteiger partial charge on any atom is 0.147 e. The van der Waals surface area contributed by atoms with Gasteiger partial charge in [-0.15, -0.1) is 11.8 Å². The summed E-state index contributed by atoms with van der Waals surface area (Å²) in [7, 11) is 0. The maximum absolute atomic E-state index is 10.8. The molecular formula is C11H9BrOS. The Bertz CT molecular complexity index is 369. The number of aldehydes is 1. The molecule has 0 spiro atoms. The van der Waals surface area contributed by atoms with E-state index in [-0.39, 0.29) is 5.25 Å². The Morgan fingerprint density at radius 2 is 2.07 bits per heavy atom. The number of halogens is 1. The van der Waals surface area contributed by atoms with Gasteiger partial charge in [-0.2, -0.15) is 0 Å². The van der Waals surface area contributed by atoms with E-state index in [0.717, 1.165) is 22.1 Å². The van der Waals surface area contributed by atoms with Crippen molar-refractivity contribution in [1.29, 1.82) is 0 Å². The molecule has 1 aliphatic rings. The van der Waals surface area contributed by atoms with Crippen molar-refractivity contribution in [2.45, 2.75) is 5.25 Å². The van der Waals surface area contributed by atoms with Crippen molar-refractivity contribution in [3.8, 4) is 0 Å². The highest BCUT2D eigenvalue weighted by atomic mass is 79.9. The lowest BCUT2D eigenvalue weighted by atomic mass is 10.1. The minimum Gasteiger partial charge on any atom is -0.298 e. The standard InChI is InChI=1S/C11H9BrOS/c12-10-3-1-8(2-4-10)11-9(7-13)5-6-14-11/h1-5,7,11H,6H2/t11-/m1/s1. The van der Waals surface area contributed by atoms with Gasteiger partial charge in [-0.3, -0.25) is 4.79 Å². The third-order valence-electron chi connectivity index (χ3n) is 2.19. The van der Waals surface area contributed by atoms with Gasteiger partial charge in [0.2, 0.25) is 0 Å². The Hall–Kier alpha value is -0.540. The number of thioether (sulfide) groups is 1. The minimum atomic E-state index is 0.237. The van der Waals surface area contributed by atoms with Crippen molar-refractivity contribution < 1.29 is 4.79 Å². The Labute approximate surface area is 95.7 Å². The molecule has 0 N–H and O–H groups in total. The van der Waals surface area contributed by atoms with Crippen LogP contribution in [-0.2, 0) is 4.79 Å². The molecule has 0 radical (unpaired) electrons. The summed E-state index contributed by atoms with van der Waals surface area (Å²) >= 11 is 5.19. The van der Waals surface area contributed by atoms with Crippen molar-refractivity contribution in [1.82, 2.24) is 0 Å². The van der Waals surface area contributed by atoms with Gasteiger partial charge >= 0.3 is 0 Å². The summed E-state index contributed by atoms with van der Waals surface area (Å²) in [5.74, 6) is 0.939. The first-order valence-electron chi connectivity index (χ1n) is 4.33. The highest BCUT2D eigenvalue weighted by Crippen LogP contribution is 2.39. The lowest BCUT2D eigenvalue weighted by Crippen LogP contribution is -1.95. The molecule has 3 heteroatoms. The first-order valence-corrected chi connectivity index (χ1v) is 6.18. The van der Waals surface area contributed by atoms with Crippen molar-refractivity contribution in [3.63, 3.8) is 0 Å². The first kappa shape index (κ1) is 9.99. The number of hydrogen-bond donors (Lipinski definition) is 0. The van der Waals surface area contributed by atoms with Crippen molar-refractivity contribution >= 4 is 34.0 Å². The van der Waals surface area contributed by atoms with Gasteiger partial charge in [0.1, 0.15) is 6.29 Å². The molecule has 2 rings (SSSR count). The van der Waals surface area contributed by atoms with Crippen LogP contribution in [0.2, 0.25) is 0 Å². The van der Waals surface area contributed by atoms with Gasteiger partial charge in [0.25, 0.3) is 0 Å². The Balaban J connectivity index is 2.27. The van der Waals surface area contributed by atoms with Gasteiger partial charge in [-0.05, 0) is 17.7 Å². The quantitative estimate of drug-likeness (QED) is 0.766. The van der Waals surface area contributed by atoms with Crippen molar-refractivity contribution in [3.05, 3.63) is 46.0 Å². The molecule has 1 heterocycles. The highest BCUT2D eigenvalue weighted by molar-refractivity contribution is 9.10. The van der Waals surface area contributed by atoms with E-state index in [1.165, 1.54) is 5.56 Å². The van der Waals surface area contributed by atoms with Gasteiger partial charge in [-0.25, -0.2) is 0 Å². The molecule has 1 aromatic rings. The van der Waals surface area contributed by atoms with Crippen LogP contribution >= 0.6 is 27.7 Å². The minimum absolute atomic E-state index is 0.237. The lowest BCUT2D eigenvalue weighted by Gasteiger charge is -2.10. The van der Waals surface area contributed by atoms with Gasteiger partial charge < -0.3 is 0 Å². The van der Waals surface area contributed by atoms with Crippen molar-refractivity contribution in [2.75, 3.05) is 5.75 Å². The fourth-order valence-electron chi connectivity index (χ4n) is 1.48. The molecule has 0 aromatic heterocycles. The monoisotopic (exact) mass is 268 g/mol. The summed E-state index contributed by atoms with van der Waals surface area (Å²) in [6, 6.07) is 8.14. The predicted octanol–water partition coefficient (Wildman–Crippen LogP) is 3.36. The van der Waals surface area contributed by atoms with Gasteiger partial charge in [-0.1, -0.05) is 34.1 Å². The van der Waals surface area contributed by atoms with E-state index >= 15 is 0 Å². The second kappa shape index (κ2) is 4.32. The van der Waals surface area contributed by atoms with Crippen molar-refractivity contribution in [2.24, 2.45) is 0 Å². The van der Waals surface area contributed by atoms with Crippen LogP contribution in [-0.4, -0.2) is 12.0 Å². The molecule has 1 atom stereocenters.